The summed E-state index contributed by atoms with van der Waals surface area (Å²) in [7, 11) is 0. The number of aromatic nitrogens is 2. The maximum atomic E-state index is 6.09. The third-order valence-corrected chi connectivity index (χ3v) is 3.35. The Kier molecular flexibility index (Phi) is 3.17. The first-order valence-corrected chi connectivity index (χ1v) is 6.39. The molecule has 94 valence electrons. The molecule has 4 heteroatoms. The smallest absolute Gasteiger partial charge is 0.161 e. The van der Waals surface area contributed by atoms with E-state index in [9.17, 15) is 0 Å². The lowest BCUT2D eigenvalue weighted by Gasteiger charge is -2.25. The molecule has 0 aliphatic carbocycles. The Balaban J connectivity index is 2.45. The van der Waals surface area contributed by atoms with Gasteiger partial charge in [-0.25, -0.2) is 9.97 Å². The van der Waals surface area contributed by atoms with Crippen LogP contribution in [0.1, 0.15) is 52.1 Å². The number of hydrogen-bond donors (Lipinski definition) is 0. The van der Waals surface area contributed by atoms with Crippen LogP contribution in [0.25, 0.3) is 0 Å². The van der Waals surface area contributed by atoms with Crippen molar-refractivity contribution in [3.63, 3.8) is 0 Å². The van der Waals surface area contributed by atoms with E-state index in [0.717, 1.165) is 25.1 Å². The third-order valence-electron chi connectivity index (χ3n) is 3.16. The molecule has 0 saturated carbocycles. The lowest BCUT2D eigenvalue weighted by atomic mass is 9.91. The molecule has 0 bridgehead atoms. The van der Waals surface area contributed by atoms with E-state index in [2.05, 4.69) is 30.7 Å². The average molecular weight is 255 g/mol. The van der Waals surface area contributed by atoms with E-state index in [-0.39, 0.29) is 11.0 Å². The minimum Gasteiger partial charge on any atom is -0.367 e. The quantitative estimate of drug-likeness (QED) is 0.720. The van der Waals surface area contributed by atoms with Crippen molar-refractivity contribution in [3.05, 3.63) is 22.7 Å². The van der Waals surface area contributed by atoms with Gasteiger partial charge in [-0.2, -0.15) is 0 Å². The molecule has 1 aliphatic rings. The van der Waals surface area contributed by atoms with Crippen LogP contribution in [0.3, 0.4) is 0 Å². The highest BCUT2D eigenvalue weighted by Gasteiger charge is 2.35. The molecule has 2 heterocycles. The van der Waals surface area contributed by atoms with Crippen molar-refractivity contribution in [1.29, 1.82) is 0 Å². The zero-order chi connectivity index (χ0) is 12.7. The van der Waals surface area contributed by atoms with E-state index < -0.39 is 0 Å². The van der Waals surface area contributed by atoms with Gasteiger partial charge in [-0.1, -0.05) is 32.4 Å². The van der Waals surface area contributed by atoms with Crippen LogP contribution in [0.2, 0.25) is 5.15 Å². The van der Waals surface area contributed by atoms with Gasteiger partial charge in [0.15, 0.2) is 5.82 Å². The van der Waals surface area contributed by atoms with Crippen LogP contribution in [0.4, 0.5) is 0 Å². The standard InChI is InChI=1S/C13H19ClN2O/c1-12(2,3)9-8-10(14)16-11(15-9)13(4)6-5-7-17-13/h8H,5-7H2,1-4H3. The third kappa shape index (κ3) is 2.61. The zero-order valence-corrected chi connectivity index (χ0v) is 11.6. The van der Waals surface area contributed by atoms with Crippen molar-refractivity contribution in [2.24, 2.45) is 0 Å². The summed E-state index contributed by atoms with van der Waals surface area (Å²) in [4.78, 5) is 8.97. The summed E-state index contributed by atoms with van der Waals surface area (Å²) < 4.78 is 5.77. The number of nitrogens with zero attached hydrogens (tertiary/aromatic N) is 2. The van der Waals surface area contributed by atoms with Gasteiger partial charge in [0.1, 0.15) is 10.8 Å². The predicted octanol–water partition coefficient (Wildman–Crippen LogP) is 3.45. The molecule has 2 rings (SSSR count). The van der Waals surface area contributed by atoms with Gasteiger partial charge < -0.3 is 4.74 Å². The lowest BCUT2D eigenvalue weighted by molar-refractivity contribution is 0.00902. The molecule has 0 amide bonds. The second-order valence-electron chi connectivity index (χ2n) is 5.83. The van der Waals surface area contributed by atoms with Gasteiger partial charge in [0.05, 0.1) is 5.69 Å². The highest BCUT2D eigenvalue weighted by molar-refractivity contribution is 6.29. The van der Waals surface area contributed by atoms with E-state index in [1.54, 1.807) is 0 Å². The first-order valence-electron chi connectivity index (χ1n) is 6.01. The van der Waals surface area contributed by atoms with Gasteiger partial charge >= 0.3 is 0 Å². The molecular weight excluding hydrogens is 236 g/mol. The van der Waals surface area contributed by atoms with Crippen LogP contribution in [-0.4, -0.2) is 16.6 Å². The van der Waals surface area contributed by atoms with E-state index in [4.69, 9.17) is 16.3 Å². The second-order valence-corrected chi connectivity index (χ2v) is 6.22. The second kappa shape index (κ2) is 4.21. The minimum absolute atomic E-state index is 0.0315. The molecule has 1 aliphatic heterocycles. The highest BCUT2D eigenvalue weighted by atomic mass is 35.5. The van der Waals surface area contributed by atoms with Gasteiger partial charge in [-0.3, -0.25) is 0 Å². The highest BCUT2D eigenvalue weighted by Crippen LogP contribution is 2.35. The normalized spacial score (nSPS) is 25.2. The van der Waals surface area contributed by atoms with Gasteiger partial charge in [0, 0.05) is 12.0 Å². The van der Waals surface area contributed by atoms with E-state index in [1.165, 1.54) is 0 Å². The molecule has 1 fully saturated rings. The number of ether oxygens (including phenoxy) is 1. The molecule has 1 unspecified atom stereocenters. The lowest BCUT2D eigenvalue weighted by Crippen LogP contribution is -2.26. The maximum absolute atomic E-state index is 6.09. The Morgan fingerprint density at radius 3 is 2.59 bits per heavy atom. The van der Waals surface area contributed by atoms with Gasteiger partial charge in [0.25, 0.3) is 0 Å². The Morgan fingerprint density at radius 2 is 2.06 bits per heavy atom. The summed E-state index contributed by atoms with van der Waals surface area (Å²) >= 11 is 6.09. The Bertz CT molecular complexity index is 420. The Morgan fingerprint density at radius 1 is 1.35 bits per heavy atom. The zero-order valence-electron chi connectivity index (χ0n) is 10.9. The van der Waals surface area contributed by atoms with Gasteiger partial charge in [-0.15, -0.1) is 0 Å². The Labute approximate surface area is 108 Å². The molecule has 1 aromatic rings. The minimum atomic E-state index is -0.370. The summed E-state index contributed by atoms with van der Waals surface area (Å²) in [5.41, 5.74) is 0.561. The van der Waals surface area contributed by atoms with Crippen molar-refractivity contribution in [1.82, 2.24) is 9.97 Å². The summed E-state index contributed by atoms with van der Waals surface area (Å²) in [5.74, 6) is 0.715. The average Bonchev–Trinajstić information content (AvgIpc) is 2.64. The van der Waals surface area contributed by atoms with Crippen molar-refractivity contribution < 1.29 is 4.74 Å². The summed E-state index contributed by atoms with van der Waals surface area (Å²) in [6.07, 6.45) is 2.01. The number of hydrogen-bond acceptors (Lipinski definition) is 3. The van der Waals surface area contributed by atoms with E-state index in [1.807, 2.05) is 13.0 Å². The van der Waals surface area contributed by atoms with Crippen molar-refractivity contribution in [2.75, 3.05) is 6.61 Å². The molecule has 1 atom stereocenters. The molecular formula is C13H19ClN2O. The first-order chi connectivity index (χ1) is 7.81. The summed E-state index contributed by atoms with van der Waals surface area (Å²) in [5, 5.41) is 0.497. The fourth-order valence-corrected chi connectivity index (χ4v) is 2.18. The van der Waals surface area contributed by atoms with Crippen LogP contribution < -0.4 is 0 Å². The molecule has 0 spiro atoms. The molecule has 1 saturated heterocycles. The van der Waals surface area contributed by atoms with Gasteiger partial charge in [-0.05, 0) is 25.8 Å². The molecule has 0 N–H and O–H groups in total. The van der Waals surface area contributed by atoms with Crippen LogP contribution in [0.15, 0.2) is 6.07 Å². The topological polar surface area (TPSA) is 35.0 Å². The first kappa shape index (κ1) is 12.8. The van der Waals surface area contributed by atoms with E-state index in [0.29, 0.717) is 11.0 Å². The fraction of sp³-hybridized carbons (Fsp3) is 0.692. The van der Waals surface area contributed by atoms with Crippen LogP contribution in [0.5, 0.6) is 0 Å². The monoisotopic (exact) mass is 254 g/mol. The maximum Gasteiger partial charge on any atom is 0.161 e. The predicted molar refractivity (Wildman–Crippen MR) is 68.3 cm³/mol. The molecule has 0 radical (unpaired) electrons. The molecule has 0 aromatic carbocycles. The Hall–Kier alpha value is -0.670. The number of rotatable bonds is 1. The van der Waals surface area contributed by atoms with Crippen LogP contribution >= 0.6 is 11.6 Å². The largest absolute Gasteiger partial charge is 0.367 e. The van der Waals surface area contributed by atoms with E-state index >= 15 is 0 Å². The molecule has 3 nitrogen and oxygen atoms in total. The molecule has 1 aromatic heterocycles. The number of halogens is 1. The van der Waals surface area contributed by atoms with Crippen molar-refractivity contribution >= 4 is 11.6 Å². The summed E-state index contributed by atoms with van der Waals surface area (Å²) in [6.45, 7) is 9.17. The van der Waals surface area contributed by atoms with Crippen molar-refractivity contribution in [3.8, 4) is 0 Å². The SMILES string of the molecule is CC(C)(C)c1cc(Cl)nc(C2(C)CCCO2)n1. The molecule has 17 heavy (non-hydrogen) atoms. The van der Waals surface area contributed by atoms with Crippen LogP contribution in [-0.2, 0) is 15.8 Å². The fourth-order valence-electron chi connectivity index (χ4n) is 1.99. The van der Waals surface area contributed by atoms with Crippen LogP contribution in [0, 0.1) is 0 Å². The summed E-state index contributed by atoms with van der Waals surface area (Å²) in [6, 6.07) is 1.84. The van der Waals surface area contributed by atoms with Gasteiger partial charge in [0.2, 0.25) is 0 Å². The van der Waals surface area contributed by atoms with Crippen molar-refractivity contribution in [2.45, 2.75) is 51.6 Å².